The molecule has 82 valence electrons. The molecule has 0 amide bonds. The Hall–Kier alpha value is -0.850. The normalized spacial score (nSPS) is 32.1. The van der Waals surface area contributed by atoms with Gasteiger partial charge >= 0.3 is 0 Å². The minimum atomic E-state index is 0.0284. The molecule has 0 aromatic rings. The van der Waals surface area contributed by atoms with Gasteiger partial charge in [-0.3, -0.25) is 4.79 Å². The van der Waals surface area contributed by atoms with Gasteiger partial charge in [-0.2, -0.15) is 0 Å². The Morgan fingerprint density at radius 1 is 1.20 bits per heavy atom. The molecular formula is C14H20O. The van der Waals surface area contributed by atoms with Crippen molar-refractivity contribution in [2.24, 2.45) is 16.7 Å². The van der Waals surface area contributed by atoms with Crippen LogP contribution in [0.1, 0.15) is 41.0 Å². The molecular weight excluding hydrogens is 184 g/mol. The first-order chi connectivity index (χ1) is 6.79. The van der Waals surface area contributed by atoms with E-state index >= 15 is 0 Å². The SMILES string of the molecule is CC1C(C)(C)C2=C(C(=O)CC=C2)C1(C)C. The van der Waals surface area contributed by atoms with Crippen molar-refractivity contribution in [2.75, 3.05) is 0 Å². The summed E-state index contributed by atoms with van der Waals surface area (Å²) >= 11 is 0. The standard InChI is InChI=1S/C14H20O/c1-9-13(2,3)10-7-6-8-11(15)12(10)14(9,4)5/h6-7,9H,8H2,1-5H3. The lowest BCUT2D eigenvalue weighted by molar-refractivity contribution is -0.115. The number of allylic oxidation sites excluding steroid dienone is 4. The molecule has 2 aliphatic carbocycles. The van der Waals surface area contributed by atoms with Gasteiger partial charge in [0, 0.05) is 12.0 Å². The summed E-state index contributed by atoms with van der Waals surface area (Å²) in [5, 5.41) is 0. The smallest absolute Gasteiger partial charge is 0.163 e. The zero-order chi connectivity index (χ0) is 11.4. The van der Waals surface area contributed by atoms with E-state index < -0.39 is 0 Å². The summed E-state index contributed by atoms with van der Waals surface area (Å²) in [5.74, 6) is 0.844. The molecule has 0 aliphatic heterocycles. The number of hydrogen-bond acceptors (Lipinski definition) is 1. The van der Waals surface area contributed by atoms with Crippen molar-refractivity contribution in [1.29, 1.82) is 0 Å². The second-order valence-electron chi connectivity index (χ2n) is 5.98. The van der Waals surface area contributed by atoms with Gasteiger partial charge in [-0.25, -0.2) is 0 Å². The van der Waals surface area contributed by atoms with E-state index in [4.69, 9.17) is 0 Å². The summed E-state index contributed by atoms with van der Waals surface area (Å²) in [6, 6.07) is 0. The van der Waals surface area contributed by atoms with Crippen molar-refractivity contribution >= 4 is 5.78 Å². The molecule has 0 fully saturated rings. The van der Waals surface area contributed by atoms with Crippen molar-refractivity contribution in [3.8, 4) is 0 Å². The van der Waals surface area contributed by atoms with Crippen LogP contribution in [0.25, 0.3) is 0 Å². The maximum Gasteiger partial charge on any atom is 0.163 e. The Kier molecular flexibility index (Phi) is 2.02. The van der Waals surface area contributed by atoms with Gasteiger partial charge < -0.3 is 0 Å². The average molecular weight is 204 g/mol. The summed E-state index contributed by atoms with van der Waals surface area (Å²) in [6.45, 7) is 11.2. The van der Waals surface area contributed by atoms with Crippen LogP contribution in [-0.2, 0) is 4.79 Å². The van der Waals surface area contributed by atoms with E-state index in [0.717, 1.165) is 5.57 Å². The van der Waals surface area contributed by atoms with E-state index in [2.05, 4.69) is 40.7 Å². The number of ketones is 1. The first-order valence-electron chi connectivity index (χ1n) is 5.74. The highest BCUT2D eigenvalue weighted by Crippen LogP contribution is 2.58. The average Bonchev–Trinajstić information content (AvgIpc) is 2.27. The molecule has 15 heavy (non-hydrogen) atoms. The molecule has 0 aromatic carbocycles. The Morgan fingerprint density at radius 3 is 2.33 bits per heavy atom. The van der Waals surface area contributed by atoms with Gasteiger partial charge in [0.05, 0.1) is 0 Å². The summed E-state index contributed by atoms with van der Waals surface area (Å²) in [5.41, 5.74) is 2.52. The molecule has 0 radical (unpaired) electrons. The molecule has 0 saturated heterocycles. The molecule has 0 N–H and O–H groups in total. The van der Waals surface area contributed by atoms with Crippen LogP contribution in [0.4, 0.5) is 0 Å². The van der Waals surface area contributed by atoms with Crippen molar-refractivity contribution in [3.05, 3.63) is 23.3 Å². The zero-order valence-corrected chi connectivity index (χ0v) is 10.3. The summed E-state index contributed by atoms with van der Waals surface area (Å²) in [7, 11) is 0. The van der Waals surface area contributed by atoms with Crippen LogP contribution >= 0.6 is 0 Å². The predicted octanol–water partition coefficient (Wildman–Crippen LogP) is 3.51. The van der Waals surface area contributed by atoms with Crippen molar-refractivity contribution in [3.63, 3.8) is 0 Å². The monoisotopic (exact) mass is 204 g/mol. The quantitative estimate of drug-likeness (QED) is 0.590. The highest BCUT2D eigenvalue weighted by Gasteiger charge is 2.51. The van der Waals surface area contributed by atoms with Gasteiger partial charge in [-0.05, 0) is 22.3 Å². The van der Waals surface area contributed by atoms with Crippen LogP contribution in [0.2, 0.25) is 0 Å². The lowest BCUT2D eigenvalue weighted by Crippen LogP contribution is -2.29. The fourth-order valence-electron chi connectivity index (χ4n) is 3.21. The zero-order valence-electron chi connectivity index (χ0n) is 10.3. The predicted molar refractivity (Wildman–Crippen MR) is 62.5 cm³/mol. The number of rotatable bonds is 0. The third-order valence-corrected chi connectivity index (χ3v) is 4.64. The van der Waals surface area contributed by atoms with Crippen LogP contribution in [0.5, 0.6) is 0 Å². The molecule has 1 heteroatoms. The van der Waals surface area contributed by atoms with Gasteiger partial charge in [0.15, 0.2) is 5.78 Å². The fraction of sp³-hybridized carbons (Fsp3) is 0.643. The Balaban J connectivity index is 2.65. The Morgan fingerprint density at radius 2 is 1.80 bits per heavy atom. The van der Waals surface area contributed by atoms with E-state index in [0.29, 0.717) is 18.1 Å². The van der Waals surface area contributed by atoms with Gasteiger partial charge in [-0.1, -0.05) is 46.8 Å². The number of Topliss-reactive ketones (excluding diaryl/α,β-unsaturated/α-hetero) is 1. The van der Waals surface area contributed by atoms with Crippen LogP contribution in [0.3, 0.4) is 0 Å². The van der Waals surface area contributed by atoms with E-state index in [9.17, 15) is 4.79 Å². The lowest BCUT2D eigenvalue weighted by Gasteiger charge is -2.34. The molecule has 2 rings (SSSR count). The summed E-state index contributed by atoms with van der Waals surface area (Å²) in [4.78, 5) is 12.0. The minimum Gasteiger partial charge on any atom is -0.294 e. The highest BCUT2D eigenvalue weighted by molar-refractivity contribution is 6.01. The van der Waals surface area contributed by atoms with Gasteiger partial charge in [-0.15, -0.1) is 0 Å². The Labute approximate surface area is 92.3 Å². The van der Waals surface area contributed by atoms with E-state index in [1.54, 1.807) is 0 Å². The van der Waals surface area contributed by atoms with Crippen LogP contribution in [-0.4, -0.2) is 5.78 Å². The molecule has 0 saturated carbocycles. The summed E-state index contributed by atoms with van der Waals surface area (Å²) < 4.78 is 0. The second kappa shape index (κ2) is 2.84. The van der Waals surface area contributed by atoms with E-state index in [1.807, 2.05) is 6.08 Å². The molecule has 0 aromatic heterocycles. The number of hydrogen-bond donors (Lipinski definition) is 0. The first kappa shape index (κ1) is 10.7. The fourth-order valence-corrected chi connectivity index (χ4v) is 3.21. The summed E-state index contributed by atoms with van der Waals surface area (Å²) in [6.07, 6.45) is 4.77. The molecule has 0 spiro atoms. The molecule has 1 atom stereocenters. The van der Waals surface area contributed by atoms with E-state index in [1.165, 1.54) is 5.57 Å². The van der Waals surface area contributed by atoms with Crippen LogP contribution in [0.15, 0.2) is 23.3 Å². The molecule has 1 unspecified atom stereocenters. The molecule has 0 heterocycles. The maximum absolute atomic E-state index is 12.0. The van der Waals surface area contributed by atoms with Crippen molar-refractivity contribution in [2.45, 2.75) is 41.0 Å². The lowest BCUT2D eigenvalue weighted by atomic mass is 9.69. The van der Waals surface area contributed by atoms with Gasteiger partial charge in [0.25, 0.3) is 0 Å². The first-order valence-corrected chi connectivity index (χ1v) is 5.74. The van der Waals surface area contributed by atoms with Gasteiger partial charge in [0.1, 0.15) is 0 Å². The number of carbonyl (C=O) groups is 1. The van der Waals surface area contributed by atoms with Crippen molar-refractivity contribution < 1.29 is 4.79 Å². The largest absolute Gasteiger partial charge is 0.294 e. The third-order valence-electron chi connectivity index (χ3n) is 4.64. The topological polar surface area (TPSA) is 17.1 Å². The minimum absolute atomic E-state index is 0.0284. The van der Waals surface area contributed by atoms with Crippen LogP contribution in [0, 0.1) is 16.7 Å². The Bertz CT molecular complexity index is 380. The molecule has 2 aliphatic rings. The molecule has 0 bridgehead atoms. The second-order valence-corrected chi connectivity index (χ2v) is 5.98. The van der Waals surface area contributed by atoms with Crippen molar-refractivity contribution in [1.82, 2.24) is 0 Å². The van der Waals surface area contributed by atoms with Crippen LogP contribution < -0.4 is 0 Å². The number of carbonyl (C=O) groups excluding carboxylic acids is 1. The van der Waals surface area contributed by atoms with E-state index in [-0.39, 0.29) is 10.8 Å². The third kappa shape index (κ3) is 1.18. The molecule has 1 nitrogen and oxygen atoms in total. The maximum atomic E-state index is 12.0. The highest BCUT2D eigenvalue weighted by atomic mass is 16.1. The van der Waals surface area contributed by atoms with Gasteiger partial charge in [0.2, 0.25) is 0 Å².